The van der Waals surface area contributed by atoms with E-state index >= 15 is 0 Å². The Kier molecular flexibility index (Phi) is 2.49. The van der Waals surface area contributed by atoms with E-state index in [9.17, 15) is 0 Å². The number of aromatic amines is 1. The molecule has 2 heteroatoms. The fraction of sp³-hybridized carbons (Fsp3) is 0.100. The Bertz CT molecular complexity index is 350. The number of allylic oxidation sites excluding steroid dienone is 2. The van der Waals surface area contributed by atoms with Crippen LogP contribution in [-0.4, -0.2) is 4.98 Å². The van der Waals surface area contributed by atoms with Crippen LogP contribution in [0.2, 0.25) is 0 Å². The zero-order valence-electron chi connectivity index (χ0n) is 6.96. The molecule has 0 amide bonds. The Morgan fingerprint density at radius 2 is 2.42 bits per heavy atom. The zero-order valence-corrected chi connectivity index (χ0v) is 6.96. The van der Waals surface area contributed by atoms with Gasteiger partial charge in [0.25, 0.3) is 0 Å². The highest BCUT2D eigenvalue weighted by molar-refractivity contribution is 5.61. The first-order valence-corrected chi connectivity index (χ1v) is 3.66. The van der Waals surface area contributed by atoms with Gasteiger partial charge < -0.3 is 4.98 Å². The van der Waals surface area contributed by atoms with Crippen LogP contribution in [0.4, 0.5) is 0 Å². The molecule has 1 aromatic rings. The van der Waals surface area contributed by atoms with E-state index in [1.165, 1.54) is 0 Å². The SMILES string of the molecule is C=CC=Cc1c(C#N)c[nH]c1C. The van der Waals surface area contributed by atoms with Crippen LogP contribution in [0.5, 0.6) is 0 Å². The summed E-state index contributed by atoms with van der Waals surface area (Å²) >= 11 is 0. The molecule has 60 valence electrons. The first-order valence-electron chi connectivity index (χ1n) is 3.66. The van der Waals surface area contributed by atoms with Gasteiger partial charge in [0.1, 0.15) is 6.07 Å². The van der Waals surface area contributed by atoms with E-state index in [-0.39, 0.29) is 0 Å². The van der Waals surface area contributed by atoms with Gasteiger partial charge in [-0.05, 0) is 6.92 Å². The maximum absolute atomic E-state index is 8.70. The molecular formula is C10H10N2. The molecule has 0 spiro atoms. The van der Waals surface area contributed by atoms with E-state index in [1.54, 1.807) is 12.3 Å². The smallest absolute Gasteiger partial charge is 0.101 e. The number of nitrogens with one attached hydrogen (secondary N) is 1. The molecule has 0 saturated carbocycles. The van der Waals surface area contributed by atoms with E-state index in [0.29, 0.717) is 5.56 Å². The van der Waals surface area contributed by atoms with Gasteiger partial charge in [-0.1, -0.05) is 24.8 Å². The molecule has 0 fully saturated rings. The molecule has 0 aromatic carbocycles. The maximum Gasteiger partial charge on any atom is 0.101 e. The number of nitriles is 1. The molecule has 2 nitrogen and oxygen atoms in total. The fourth-order valence-corrected chi connectivity index (χ4v) is 1.01. The number of hydrogen-bond donors (Lipinski definition) is 1. The Hall–Kier alpha value is -1.75. The number of H-pyrrole nitrogens is 1. The van der Waals surface area contributed by atoms with Crippen LogP contribution in [0.25, 0.3) is 6.08 Å². The summed E-state index contributed by atoms with van der Waals surface area (Å²) in [6.07, 6.45) is 7.08. The average molecular weight is 158 g/mol. The Labute approximate surface area is 71.8 Å². The third kappa shape index (κ3) is 1.46. The monoisotopic (exact) mass is 158 g/mol. The molecular weight excluding hydrogens is 148 g/mol. The highest BCUT2D eigenvalue weighted by Gasteiger charge is 2.02. The largest absolute Gasteiger partial charge is 0.363 e. The van der Waals surface area contributed by atoms with E-state index < -0.39 is 0 Å². The van der Waals surface area contributed by atoms with Gasteiger partial charge in [-0.3, -0.25) is 0 Å². The molecule has 0 bridgehead atoms. The summed E-state index contributed by atoms with van der Waals surface area (Å²) in [7, 11) is 0. The van der Waals surface area contributed by atoms with Crippen LogP contribution in [0.3, 0.4) is 0 Å². The maximum atomic E-state index is 8.70. The summed E-state index contributed by atoms with van der Waals surface area (Å²) in [5.41, 5.74) is 2.62. The molecule has 1 N–H and O–H groups in total. The lowest BCUT2D eigenvalue weighted by Gasteiger charge is -1.89. The average Bonchev–Trinajstić information content (AvgIpc) is 2.43. The minimum atomic E-state index is 0.672. The highest BCUT2D eigenvalue weighted by Crippen LogP contribution is 2.13. The first kappa shape index (κ1) is 8.35. The number of rotatable bonds is 2. The Balaban J connectivity index is 3.12. The van der Waals surface area contributed by atoms with Gasteiger partial charge in [0, 0.05) is 17.5 Å². The summed E-state index contributed by atoms with van der Waals surface area (Å²) in [4.78, 5) is 2.99. The number of nitrogens with zero attached hydrogens (tertiary/aromatic N) is 1. The molecule has 0 atom stereocenters. The van der Waals surface area contributed by atoms with Gasteiger partial charge in [-0.2, -0.15) is 5.26 Å². The van der Waals surface area contributed by atoms with Crippen molar-refractivity contribution in [2.75, 3.05) is 0 Å². The zero-order chi connectivity index (χ0) is 8.97. The van der Waals surface area contributed by atoms with Crippen LogP contribution < -0.4 is 0 Å². The van der Waals surface area contributed by atoms with Crippen molar-refractivity contribution in [3.63, 3.8) is 0 Å². The lowest BCUT2D eigenvalue weighted by atomic mass is 10.1. The second kappa shape index (κ2) is 3.59. The molecule has 1 heterocycles. The van der Waals surface area contributed by atoms with Gasteiger partial charge >= 0.3 is 0 Å². The van der Waals surface area contributed by atoms with Crippen LogP contribution in [0.15, 0.2) is 24.9 Å². The normalized spacial score (nSPS) is 10.0. The summed E-state index contributed by atoms with van der Waals surface area (Å²) in [6.45, 7) is 5.50. The first-order chi connectivity index (χ1) is 5.79. The van der Waals surface area contributed by atoms with Crippen LogP contribution in [0, 0.1) is 18.3 Å². The third-order valence-electron chi connectivity index (χ3n) is 1.65. The van der Waals surface area contributed by atoms with Crippen molar-refractivity contribution < 1.29 is 0 Å². The molecule has 0 unspecified atom stereocenters. The highest BCUT2D eigenvalue weighted by atomic mass is 14.7. The molecule has 0 aliphatic heterocycles. The lowest BCUT2D eigenvalue weighted by molar-refractivity contribution is 1.26. The minimum absolute atomic E-state index is 0.672. The van der Waals surface area contributed by atoms with Crippen molar-refractivity contribution in [1.29, 1.82) is 5.26 Å². The number of hydrogen-bond acceptors (Lipinski definition) is 1. The van der Waals surface area contributed by atoms with Crippen molar-refractivity contribution in [3.05, 3.63) is 41.7 Å². The van der Waals surface area contributed by atoms with Crippen molar-refractivity contribution in [2.24, 2.45) is 0 Å². The summed E-state index contributed by atoms with van der Waals surface area (Å²) in [5.74, 6) is 0. The van der Waals surface area contributed by atoms with Gasteiger partial charge in [0.05, 0.1) is 5.56 Å². The third-order valence-corrected chi connectivity index (χ3v) is 1.65. The molecule has 12 heavy (non-hydrogen) atoms. The number of aromatic nitrogens is 1. The minimum Gasteiger partial charge on any atom is -0.363 e. The van der Waals surface area contributed by atoms with Crippen LogP contribution >= 0.6 is 0 Å². The van der Waals surface area contributed by atoms with Crippen molar-refractivity contribution in [2.45, 2.75) is 6.92 Å². The van der Waals surface area contributed by atoms with Gasteiger partial charge in [-0.25, -0.2) is 0 Å². The molecule has 0 aliphatic carbocycles. The summed E-state index contributed by atoms with van der Waals surface area (Å²) in [5, 5.41) is 8.70. The van der Waals surface area contributed by atoms with Gasteiger partial charge in [-0.15, -0.1) is 0 Å². The lowest BCUT2D eigenvalue weighted by Crippen LogP contribution is -1.76. The van der Waals surface area contributed by atoms with Crippen LogP contribution in [0.1, 0.15) is 16.8 Å². The van der Waals surface area contributed by atoms with Gasteiger partial charge in [0.2, 0.25) is 0 Å². The van der Waals surface area contributed by atoms with E-state index in [2.05, 4.69) is 17.6 Å². The van der Waals surface area contributed by atoms with E-state index in [0.717, 1.165) is 11.3 Å². The summed E-state index contributed by atoms with van der Waals surface area (Å²) in [6, 6.07) is 2.11. The van der Waals surface area contributed by atoms with Gasteiger partial charge in [0.15, 0.2) is 0 Å². The Morgan fingerprint density at radius 1 is 1.67 bits per heavy atom. The van der Waals surface area contributed by atoms with Crippen molar-refractivity contribution in [1.82, 2.24) is 4.98 Å². The summed E-state index contributed by atoms with van der Waals surface area (Å²) < 4.78 is 0. The molecule has 0 radical (unpaired) electrons. The standard InChI is InChI=1S/C10H10N2/c1-3-4-5-10-8(2)12-7-9(10)6-11/h3-5,7,12H,1H2,2H3. The molecule has 1 aromatic heterocycles. The predicted octanol–water partition coefficient (Wildman–Crippen LogP) is 2.39. The topological polar surface area (TPSA) is 39.6 Å². The predicted molar refractivity (Wildman–Crippen MR) is 49.5 cm³/mol. The van der Waals surface area contributed by atoms with E-state index in [4.69, 9.17) is 5.26 Å². The van der Waals surface area contributed by atoms with Crippen LogP contribution in [-0.2, 0) is 0 Å². The fourth-order valence-electron chi connectivity index (χ4n) is 1.01. The second-order valence-electron chi connectivity index (χ2n) is 2.45. The molecule has 0 saturated heterocycles. The second-order valence-corrected chi connectivity index (χ2v) is 2.45. The Morgan fingerprint density at radius 3 is 3.00 bits per heavy atom. The number of aryl methyl sites for hydroxylation is 1. The van der Waals surface area contributed by atoms with E-state index in [1.807, 2.05) is 19.1 Å². The molecule has 1 rings (SSSR count). The van der Waals surface area contributed by atoms with Crippen molar-refractivity contribution >= 4 is 6.08 Å². The van der Waals surface area contributed by atoms with Crippen molar-refractivity contribution in [3.8, 4) is 6.07 Å². The quantitative estimate of drug-likeness (QED) is 0.659. The molecule has 0 aliphatic rings.